The van der Waals surface area contributed by atoms with Crippen LogP contribution in [0, 0.1) is 0 Å². The van der Waals surface area contributed by atoms with Gasteiger partial charge in [-0.25, -0.2) is 28.8 Å². The van der Waals surface area contributed by atoms with E-state index in [9.17, 15) is 72.2 Å². The number of carbonyl (C=O) groups excluding carboxylic acids is 1. The average Bonchev–Trinajstić information content (AvgIpc) is 1.64. The van der Waals surface area contributed by atoms with Crippen molar-refractivity contribution in [2.24, 2.45) is 0 Å². The van der Waals surface area contributed by atoms with Crippen molar-refractivity contribution in [2.75, 3.05) is 20.8 Å². The Morgan fingerprint density at radius 2 is 0.833 bits per heavy atom. The van der Waals surface area contributed by atoms with E-state index in [4.69, 9.17) is 85.0 Å². The number of hydrogen-bond donors (Lipinski definition) is 4. The van der Waals surface area contributed by atoms with Crippen LogP contribution >= 0.6 is 46.4 Å². The lowest BCUT2D eigenvalue weighted by Gasteiger charge is -2.13. The van der Waals surface area contributed by atoms with Gasteiger partial charge >= 0.3 is 43.4 Å². The number of aromatic carboxylic acids is 2. The molecule has 3 aromatic heterocycles. The maximum atomic E-state index is 12.6. The Balaban J connectivity index is 0.000000212. The van der Waals surface area contributed by atoms with Crippen LogP contribution < -0.4 is 42.6 Å². The number of methoxy groups -OCH3 is 2. The number of aromatic nitrogens is 9. The summed E-state index contributed by atoms with van der Waals surface area (Å²) in [5.74, 6) is -6.58. The third-order valence-electron chi connectivity index (χ3n) is 10.9. The zero-order valence-corrected chi connectivity index (χ0v) is 51.0. The molecular weight excluding hydrogens is 1410 g/mol. The molecule has 0 bridgehead atoms. The maximum absolute atomic E-state index is 12.6. The maximum Gasteiger partial charge on any atom is 0.573 e. The van der Waals surface area contributed by atoms with Crippen LogP contribution in [-0.4, -0.2) is 125 Å². The molecule has 9 aromatic rings. The first-order chi connectivity index (χ1) is 45.0. The molecule has 0 aliphatic heterocycles. The minimum Gasteiger partial charge on any atom is -0.508 e. The van der Waals surface area contributed by atoms with E-state index in [1.54, 1.807) is 55.5 Å². The number of aromatic hydroxyl groups is 1. The van der Waals surface area contributed by atoms with Crippen LogP contribution in [0.2, 0.25) is 20.1 Å². The van der Waals surface area contributed by atoms with Crippen molar-refractivity contribution >= 4 is 64.3 Å². The van der Waals surface area contributed by atoms with Crippen molar-refractivity contribution in [1.82, 2.24) is 45.4 Å². The topological polar surface area (TPSA) is 307 Å². The summed E-state index contributed by atoms with van der Waals surface area (Å²) in [6.45, 7) is 1.92. The normalized spacial score (nSPS) is 11.2. The highest BCUT2D eigenvalue weighted by molar-refractivity contribution is 6.33. The molecule has 4 N–H and O–H groups in total. The zero-order valence-electron chi connectivity index (χ0n) is 47.9. The third kappa shape index (κ3) is 23.2. The Bertz CT molecular complexity index is 4120. The molecule has 0 atom stereocenters. The zero-order chi connectivity index (χ0) is 70.9. The van der Waals surface area contributed by atoms with E-state index in [1.807, 2.05) is 0 Å². The second kappa shape index (κ2) is 32.5. The van der Waals surface area contributed by atoms with Gasteiger partial charge in [-0.2, -0.15) is 0 Å². The van der Waals surface area contributed by atoms with Gasteiger partial charge in [0.1, 0.15) is 34.5 Å². The highest BCUT2D eigenvalue weighted by Gasteiger charge is 2.36. The summed E-state index contributed by atoms with van der Waals surface area (Å²) in [5.41, 5.74) is 0.279. The van der Waals surface area contributed by atoms with Crippen molar-refractivity contribution in [2.45, 2.75) is 45.5 Å². The van der Waals surface area contributed by atoms with Gasteiger partial charge in [-0.3, -0.25) is 0 Å². The minimum absolute atomic E-state index is 0.0775. The van der Waals surface area contributed by atoms with Crippen LogP contribution in [0.15, 0.2) is 121 Å². The van der Waals surface area contributed by atoms with Crippen molar-refractivity contribution in [1.29, 1.82) is 0 Å². The molecule has 25 nitrogen and oxygen atoms in total. The number of phenolic OH excluding ortho intramolecular Hbond substituents is 1. The molecule has 0 unspecified atom stereocenters. The Kier molecular flexibility index (Phi) is 25.3. The number of halogens is 16. The number of carboxylic acid groups (broad SMARTS) is 2. The first-order valence-electron chi connectivity index (χ1n) is 25.6. The van der Waals surface area contributed by atoms with Crippen molar-refractivity contribution < 1.29 is 130 Å². The molecule has 0 amide bonds. The Labute approximate surface area is 548 Å². The molecule has 3 heterocycles. The van der Waals surface area contributed by atoms with Crippen LogP contribution in [0.1, 0.15) is 49.5 Å². The summed E-state index contributed by atoms with van der Waals surface area (Å²) in [4.78, 5) is 34.5. The molecule has 6 aromatic carbocycles. The lowest BCUT2D eigenvalue weighted by atomic mass is 10.2. The van der Waals surface area contributed by atoms with E-state index in [0.29, 0.717) is 11.5 Å². The molecule has 0 spiro atoms. The number of carboxylic acids is 2. The summed E-state index contributed by atoms with van der Waals surface area (Å²) in [7, 11) is 3.05. The second-order valence-electron chi connectivity index (χ2n) is 17.7. The first kappa shape index (κ1) is 74.5. The molecule has 0 saturated carbocycles. The van der Waals surface area contributed by atoms with Crippen molar-refractivity contribution in [3.05, 3.63) is 170 Å². The highest BCUT2D eigenvalue weighted by atomic mass is 35.5. The number of phenols is 1. The molecule has 9 rings (SSSR count). The number of rotatable bonds is 20. The number of alkyl halides is 12. The van der Waals surface area contributed by atoms with Gasteiger partial charge in [-0.1, -0.05) is 91.4 Å². The minimum atomic E-state index is -4.97. The van der Waals surface area contributed by atoms with Gasteiger partial charge in [0, 0.05) is 24.3 Å². The van der Waals surface area contributed by atoms with Gasteiger partial charge in [0.25, 0.3) is 17.6 Å². The van der Waals surface area contributed by atoms with E-state index in [1.165, 1.54) is 43.2 Å². The van der Waals surface area contributed by atoms with Crippen molar-refractivity contribution in [3.63, 3.8) is 0 Å². The summed E-state index contributed by atoms with van der Waals surface area (Å²) >= 11 is 22.4. The van der Waals surface area contributed by atoms with Gasteiger partial charge < -0.3 is 62.7 Å². The molecule has 41 heteroatoms. The summed E-state index contributed by atoms with van der Waals surface area (Å²) in [6, 6.07) is 26.7. The molecule has 0 saturated heterocycles. The van der Waals surface area contributed by atoms with E-state index in [2.05, 4.69) is 55.0 Å². The Hall–Kier alpha value is -10.5. The number of H-pyrrole nitrogens is 1. The lowest BCUT2D eigenvalue weighted by molar-refractivity contribution is -0.275. The SMILES string of the molecule is CCOC(=O)c1nnn(Cc2ccc(OC)cc2)c1Oc1ccc(Cl)c(OC(F)(F)F)c1.COc1ccc(Cn2nnc(C(=O)O)c2Oc2ccc(Cl)c(OC(F)(F)F)c2)cc1.O=C(O)c1[nH]nnc1Oc1ccc(Cl)c(OC(F)(F)F)c1.Oc1ccc(Cl)c(OC(F)(F)F)c1. The van der Waals surface area contributed by atoms with Crippen LogP contribution in [0.25, 0.3) is 0 Å². The fraction of sp³-hybridized carbons (Fsp3) is 0.182. The number of ether oxygens (including phenoxy) is 10. The van der Waals surface area contributed by atoms with Gasteiger partial charge in [0.2, 0.25) is 17.1 Å². The number of hydrogen-bond acceptors (Lipinski definition) is 20. The third-order valence-corrected chi connectivity index (χ3v) is 12.2. The van der Waals surface area contributed by atoms with E-state index < -0.39 is 83.6 Å². The lowest BCUT2D eigenvalue weighted by Crippen LogP contribution is -2.17. The fourth-order valence-corrected chi connectivity index (χ4v) is 7.62. The van der Waals surface area contributed by atoms with E-state index in [-0.39, 0.29) is 80.2 Å². The number of nitrogens with one attached hydrogen (secondary N) is 1. The number of nitrogens with zero attached hydrogens (tertiary/aromatic N) is 8. The van der Waals surface area contributed by atoms with Crippen molar-refractivity contribution in [3.8, 4) is 75.1 Å². The standard InChI is InChI=1S/C20H17ClF3N3O5.C18H13ClF3N3O5.C10H5ClF3N3O4.C7H4ClF3O2/c1-3-30-19(28)17-18(27(26-25-17)11-12-4-6-13(29-2)7-5-12)31-14-8-9-15(21)16(10-14)32-20(22,23)24;1-28-11-4-2-10(3-5-11)9-25-16(15(17(26)27)23-24-25)29-12-6-7-13(19)14(8-12)30-18(20,21)22;11-5-2-1-4(3-6(5)21-10(12,13)14)20-8-7(9(18)19)15-17-16-8;8-5-2-1-4(12)3-6(5)13-7(9,10)11/h4-10H,3,11H2,1-2H3;2-8H,9H2,1H3,(H,26,27);1-3H,(H,18,19)(H,15,16,17);1-3,12H. The molecular formula is C55H39Cl4F12N9O16. The van der Waals surface area contributed by atoms with Crippen LogP contribution in [0.5, 0.6) is 75.1 Å². The van der Waals surface area contributed by atoms with Gasteiger partial charge in [-0.15, -0.1) is 62.9 Å². The van der Waals surface area contributed by atoms with Gasteiger partial charge in [0.15, 0.2) is 23.0 Å². The molecule has 0 radical (unpaired) electrons. The quantitative estimate of drug-likeness (QED) is 0.0407. The summed E-state index contributed by atoms with van der Waals surface area (Å²) in [5, 5.41) is 49.6. The molecule has 0 aliphatic rings. The monoisotopic (exact) mass is 1450 g/mol. The van der Waals surface area contributed by atoms with E-state index >= 15 is 0 Å². The number of carbonyl (C=O) groups is 3. The van der Waals surface area contributed by atoms with Crippen LogP contribution in [0.3, 0.4) is 0 Å². The predicted molar refractivity (Wildman–Crippen MR) is 305 cm³/mol. The molecule has 0 fully saturated rings. The Morgan fingerprint density at radius 3 is 1.20 bits per heavy atom. The van der Waals surface area contributed by atoms with E-state index in [0.717, 1.165) is 64.3 Å². The second-order valence-corrected chi connectivity index (χ2v) is 19.3. The number of benzene rings is 6. The fourth-order valence-electron chi connectivity index (χ4n) is 7.00. The molecule has 0 aliphatic carbocycles. The first-order valence-corrected chi connectivity index (χ1v) is 27.1. The summed E-state index contributed by atoms with van der Waals surface area (Å²) < 4.78 is 196. The smallest absolute Gasteiger partial charge is 0.508 e. The summed E-state index contributed by atoms with van der Waals surface area (Å²) in [6.07, 6.45) is -19.7. The average molecular weight is 1450 g/mol. The number of aromatic amines is 1. The highest BCUT2D eigenvalue weighted by Crippen LogP contribution is 2.40. The number of esters is 1. The van der Waals surface area contributed by atoms with Gasteiger partial charge in [0.05, 0.1) is 54.0 Å². The van der Waals surface area contributed by atoms with Crippen LogP contribution in [-0.2, 0) is 17.8 Å². The largest absolute Gasteiger partial charge is 0.573 e. The predicted octanol–water partition coefficient (Wildman–Crippen LogP) is 15.0. The Morgan fingerprint density at radius 1 is 0.479 bits per heavy atom. The molecule has 512 valence electrons. The van der Waals surface area contributed by atoms with Gasteiger partial charge in [-0.05, 0) is 90.8 Å². The molecule has 96 heavy (non-hydrogen) atoms. The van der Waals surface area contributed by atoms with Crippen LogP contribution in [0.4, 0.5) is 52.7 Å².